The van der Waals surface area contributed by atoms with Crippen LogP contribution in [0, 0.1) is 5.92 Å². The highest BCUT2D eigenvalue weighted by Gasteiger charge is 2.10. The molecule has 0 aliphatic heterocycles. The van der Waals surface area contributed by atoms with Gasteiger partial charge in [-0.15, -0.1) is 11.3 Å². The van der Waals surface area contributed by atoms with Gasteiger partial charge in [0.25, 0.3) is 0 Å². The van der Waals surface area contributed by atoms with E-state index >= 15 is 0 Å². The van der Waals surface area contributed by atoms with Crippen LogP contribution in [0.15, 0.2) is 16.6 Å². The van der Waals surface area contributed by atoms with Crippen LogP contribution in [0.25, 0.3) is 0 Å². The lowest BCUT2D eigenvalue weighted by Gasteiger charge is -2.03. The summed E-state index contributed by atoms with van der Waals surface area (Å²) in [7, 11) is 0. The molecule has 1 aromatic heterocycles. The summed E-state index contributed by atoms with van der Waals surface area (Å²) in [6.45, 7) is 3.95. The highest BCUT2D eigenvalue weighted by molar-refractivity contribution is 7.12. The minimum Gasteiger partial charge on any atom is -0.411 e. The van der Waals surface area contributed by atoms with Crippen LogP contribution < -0.4 is 0 Å². The van der Waals surface area contributed by atoms with Gasteiger partial charge in [0.1, 0.15) is 0 Å². The number of rotatable bonds is 2. The van der Waals surface area contributed by atoms with Crippen LogP contribution in [0.3, 0.4) is 0 Å². The van der Waals surface area contributed by atoms with Crippen molar-refractivity contribution in [3.8, 4) is 0 Å². The van der Waals surface area contributed by atoms with Crippen molar-refractivity contribution in [1.82, 2.24) is 0 Å². The van der Waals surface area contributed by atoms with Crippen LogP contribution in [0.1, 0.15) is 18.7 Å². The van der Waals surface area contributed by atoms with E-state index in [0.717, 1.165) is 4.88 Å². The van der Waals surface area contributed by atoms with Crippen LogP contribution in [-0.2, 0) is 0 Å². The Balaban J connectivity index is 2.96. The minimum absolute atomic E-state index is 0.213. The monoisotopic (exact) mass is 203 g/mol. The highest BCUT2D eigenvalue weighted by atomic mass is 35.5. The maximum absolute atomic E-state index is 8.71. The van der Waals surface area contributed by atoms with Crippen molar-refractivity contribution in [3.05, 3.63) is 21.3 Å². The minimum atomic E-state index is 0.213. The van der Waals surface area contributed by atoms with Crippen molar-refractivity contribution in [1.29, 1.82) is 0 Å². The van der Waals surface area contributed by atoms with Crippen LogP contribution in [0.4, 0.5) is 0 Å². The van der Waals surface area contributed by atoms with E-state index in [2.05, 4.69) is 5.16 Å². The van der Waals surface area contributed by atoms with Gasteiger partial charge in [-0.1, -0.05) is 30.6 Å². The van der Waals surface area contributed by atoms with Crippen molar-refractivity contribution >= 4 is 28.6 Å². The molecule has 0 aliphatic rings. The third kappa shape index (κ3) is 1.99. The van der Waals surface area contributed by atoms with Crippen molar-refractivity contribution in [2.45, 2.75) is 13.8 Å². The fraction of sp³-hybridized carbons (Fsp3) is 0.375. The first-order chi connectivity index (χ1) is 5.65. The standard InChI is InChI=1S/C8H10ClNOS/c1-5(2)8(10-11)7-3-6(9)4-12-7/h3-5,11H,1-2H3. The molecule has 0 amide bonds. The summed E-state index contributed by atoms with van der Waals surface area (Å²) in [5.74, 6) is 0.213. The summed E-state index contributed by atoms with van der Waals surface area (Å²) < 4.78 is 0. The maximum Gasteiger partial charge on any atom is 0.0992 e. The molecule has 1 aromatic rings. The second-order valence-electron chi connectivity index (χ2n) is 2.77. The molecule has 1 N–H and O–H groups in total. The largest absolute Gasteiger partial charge is 0.411 e. The first kappa shape index (κ1) is 9.55. The van der Waals surface area contributed by atoms with E-state index in [4.69, 9.17) is 16.8 Å². The summed E-state index contributed by atoms with van der Waals surface area (Å²) in [5, 5.41) is 14.5. The molecule has 0 unspecified atom stereocenters. The van der Waals surface area contributed by atoms with Crippen LogP contribution >= 0.6 is 22.9 Å². The lowest BCUT2D eigenvalue weighted by Crippen LogP contribution is -2.06. The Morgan fingerprint density at radius 3 is 2.67 bits per heavy atom. The molecule has 0 aliphatic carbocycles. The molecule has 4 heteroatoms. The zero-order valence-electron chi connectivity index (χ0n) is 6.91. The summed E-state index contributed by atoms with van der Waals surface area (Å²) in [5.41, 5.74) is 0.687. The van der Waals surface area contributed by atoms with Crippen LogP contribution in [-0.4, -0.2) is 10.9 Å². The summed E-state index contributed by atoms with van der Waals surface area (Å²) in [6, 6.07) is 1.81. The number of oxime groups is 1. The molecule has 66 valence electrons. The fourth-order valence-electron chi connectivity index (χ4n) is 0.897. The molecule has 0 fully saturated rings. The zero-order chi connectivity index (χ0) is 9.14. The van der Waals surface area contributed by atoms with Gasteiger partial charge in [0.15, 0.2) is 0 Å². The summed E-state index contributed by atoms with van der Waals surface area (Å²) in [4.78, 5) is 0.928. The first-order valence-electron chi connectivity index (χ1n) is 3.61. The number of nitrogens with zero attached hydrogens (tertiary/aromatic N) is 1. The summed E-state index contributed by atoms with van der Waals surface area (Å²) in [6.07, 6.45) is 0. The van der Waals surface area contributed by atoms with E-state index in [9.17, 15) is 0 Å². The highest BCUT2D eigenvalue weighted by Crippen LogP contribution is 2.22. The van der Waals surface area contributed by atoms with Crippen molar-refractivity contribution in [2.75, 3.05) is 0 Å². The molecule has 0 aromatic carbocycles. The summed E-state index contributed by atoms with van der Waals surface area (Å²) >= 11 is 7.23. The van der Waals surface area contributed by atoms with Gasteiger partial charge in [-0.25, -0.2) is 0 Å². The van der Waals surface area contributed by atoms with Gasteiger partial charge in [0.05, 0.1) is 15.6 Å². The van der Waals surface area contributed by atoms with E-state index in [-0.39, 0.29) is 5.92 Å². The molecule has 0 bridgehead atoms. The number of thiophene rings is 1. The average Bonchev–Trinajstić information content (AvgIpc) is 2.37. The van der Waals surface area contributed by atoms with Gasteiger partial charge in [0, 0.05) is 11.3 Å². The third-order valence-corrected chi connectivity index (χ3v) is 2.77. The Bertz CT molecular complexity index is 293. The Hall–Kier alpha value is -0.540. The van der Waals surface area contributed by atoms with E-state index in [1.165, 1.54) is 11.3 Å². The smallest absolute Gasteiger partial charge is 0.0992 e. The quantitative estimate of drug-likeness (QED) is 0.447. The van der Waals surface area contributed by atoms with Crippen LogP contribution in [0.5, 0.6) is 0 Å². The predicted molar refractivity (Wildman–Crippen MR) is 52.5 cm³/mol. The van der Waals surface area contributed by atoms with Crippen molar-refractivity contribution < 1.29 is 5.21 Å². The Kier molecular flexibility index (Phi) is 3.12. The average molecular weight is 204 g/mol. The second kappa shape index (κ2) is 3.92. The Labute approximate surface area is 80.5 Å². The molecule has 0 saturated heterocycles. The molecular weight excluding hydrogens is 194 g/mol. The fourth-order valence-corrected chi connectivity index (χ4v) is 2.10. The molecule has 1 rings (SSSR count). The van der Waals surface area contributed by atoms with Gasteiger partial charge >= 0.3 is 0 Å². The zero-order valence-corrected chi connectivity index (χ0v) is 8.49. The molecule has 2 nitrogen and oxygen atoms in total. The lowest BCUT2D eigenvalue weighted by molar-refractivity contribution is 0.316. The van der Waals surface area contributed by atoms with Gasteiger partial charge in [-0.2, -0.15) is 0 Å². The normalized spacial score (nSPS) is 12.5. The van der Waals surface area contributed by atoms with E-state index in [1.807, 2.05) is 19.2 Å². The van der Waals surface area contributed by atoms with Gasteiger partial charge in [0.2, 0.25) is 0 Å². The van der Waals surface area contributed by atoms with E-state index in [0.29, 0.717) is 10.7 Å². The predicted octanol–water partition coefficient (Wildman–Crippen LogP) is 3.24. The van der Waals surface area contributed by atoms with Gasteiger partial charge in [-0.3, -0.25) is 0 Å². The molecule has 0 radical (unpaired) electrons. The molecule has 0 spiro atoms. The topological polar surface area (TPSA) is 32.6 Å². The van der Waals surface area contributed by atoms with Gasteiger partial charge in [-0.05, 0) is 6.07 Å². The molecule has 0 saturated carbocycles. The van der Waals surface area contributed by atoms with E-state index < -0.39 is 0 Å². The maximum atomic E-state index is 8.71. The van der Waals surface area contributed by atoms with Crippen molar-refractivity contribution in [2.24, 2.45) is 11.1 Å². The third-order valence-electron chi connectivity index (χ3n) is 1.47. The molecule has 12 heavy (non-hydrogen) atoms. The number of halogens is 1. The van der Waals surface area contributed by atoms with E-state index in [1.54, 1.807) is 6.07 Å². The first-order valence-corrected chi connectivity index (χ1v) is 4.87. The molecule has 1 heterocycles. The SMILES string of the molecule is CC(C)C(=NO)c1cc(Cl)cs1. The molecular formula is C8H10ClNOS. The second-order valence-corrected chi connectivity index (χ2v) is 4.12. The van der Waals surface area contributed by atoms with Gasteiger partial charge < -0.3 is 5.21 Å². The lowest BCUT2D eigenvalue weighted by atomic mass is 10.1. The van der Waals surface area contributed by atoms with Crippen LogP contribution in [0.2, 0.25) is 5.02 Å². The Morgan fingerprint density at radius 2 is 2.33 bits per heavy atom. The molecule has 0 atom stereocenters. The number of hydrogen-bond acceptors (Lipinski definition) is 3. The number of hydrogen-bond donors (Lipinski definition) is 1. The van der Waals surface area contributed by atoms with Crippen molar-refractivity contribution in [3.63, 3.8) is 0 Å². The Morgan fingerprint density at radius 1 is 1.67 bits per heavy atom.